The first-order valence-electron chi connectivity index (χ1n) is 5.73. The molecule has 0 amide bonds. The average molecular weight is 342 g/mol. The van der Waals surface area contributed by atoms with Gasteiger partial charge < -0.3 is 15.3 Å². The number of Topliss-reactive ketones (excluding diaryl/α,β-unsaturated/α-hetero) is 1. The summed E-state index contributed by atoms with van der Waals surface area (Å²) in [6.07, 6.45) is 0.451. The van der Waals surface area contributed by atoms with E-state index in [4.69, 9.17) is 15.3 Å². The third-order valence-corrected chi connectivity index (χ3v) is 0.877. The van der Waals surface area contributed by atoms with E-state index in [0.717, 1.165) is 6.42 Å². The molecule has 108 valence electrons. The van der Waals surface area contributed by atoms with Gasteiger partial charge in [0, 0.05) is 44.8 Å². The molecule has 3 N–H and O–H groups in total. The largest absolute Gasteiger partial charge is 0.481 e. The standard InChI is InChI=1S/C6H10O3.2C3H8O.Zr/c1-2-3-5(7)4-6(8)9;2*1-3(2)4;/h2-4H2,1H3,(H,8,9);2*3-4H,1-2H3;. The number of hydrogen-bond donors (Lipinski definition) is 3. The molecule has 0 spiro atoms. The van der Waals surface area contributed by atoms with Crippen molar-refractivity contribution in [1.29, 1.82) is 0 Å². The number of aliphatic hydroxyl groups excluding tert-OH is 2. The molecule has 0 heterocycles. The summed E-state index contributed by atoms with van der Waals surface area (Å²) in [5, 5.41) is 24.2. The van der Waals surface area contributed by atoms with E-state index in [0.29, 0.717) is 6.42 Å². The Morgan fingerprint density at radius 3 is 1.44 bits per heavy atom. The molecule has 0 aliphatic rings. The second-order valence-electron chi connectivity index (χ2n) is 4.05. The minimum absolute atomic E-state index is 0. The minimum atomic E-state index is -1.03. The smallest absolute Gasteiger partial charge is 0.310 e. The van der Waals surface area contributed by atoms with Gasteiger partial charge in [-0.15, -0.1) is 0 Å². The summed E-state index contributed by atoms with van der Waals surface area (Å²) < 4.78 is 0. The van der Waals surface area contributed by atoms with Gasteiger partial charge in [-0.1, -0.05) is 6.92 Å². The molecule has 0 aliphatic heterocycles. The molecule has 0 bridgehead atoms. The topological polar surface area (TPSA) is 94.8 Å². The molecule has 0 unspecified atom stereocenters. The summed E-state index contributed by atoms with van der Waals surface area (Å²) in [4.78, 5) is 20.3. The van der Waals surface area contributed by atoms with Crippen LogP contribution in [0, 0.1) is 0 Å². The summed E-state index contributed by atoms with van der Waals surface area (Å²) in [5.74, 6) is -1.22. The van der Waals surface area contributed by atoms with Crippen LogP contribution in [-0.4, -0.2) is 39.3 Å². The summed E-state index contributed by atoms with van der Waals surface area (Å²) in [7, 11) is 0. The number of ketones is 1. The molecule has 0 aromatic rings. The maximum absolute atomic E-state index is 10.5. The first-order valence-corrected chi connectivity index (χ1v) is 5.73. The summed E-state index contributed by atoms with van der Waals surface area (Å²) in [6, 6.07) is 0. The van der Waals surface area contributed by atoms with E-state index in [1.54, 1.807) is 27.7 Å². The number of carbonyl (C=O) groups excluding carboxylic acids is 1. The average Bonchev–Trinajstić information content (AvgIpc) is 1.99. The van der Waals surface area contributed by atoms with Crippen molar-refractivity contribution in [1.82, 2.24) is 0 Å². The van der Waals surface area contributed by atoms with Crippen molar-refractivity contribution in [2.24, 2.45) is 0 Å². The number of carbonyl (C=O) groups is 2. The van der Waals surface area contributed by atoms with Crippen LogP contribution in [0.15, 0.2) is 0 Å². The van der Waals surface area contributed by atoms with Crippen molar-refractivity contribution < 1.29 is 51.1 Å². The van der Waals surface area contributed by atoms with E-state index >= 15 is 0 Å². The molecule has 5 nitrogen and oxygen atoms in total. The summed E-state index contributed by atoms with van der Waals surface area (Å²) in [5.41, 5.74) is 0. The number of carboxylic acids is 1. The van der Waals surface area contributed by atoms with Crippen LogP contribution in [0.25, 0.3) is 0 Å². The molecule has 6 heteroatoms. The van der Waals surface area contributed by atoms with Crippen LogP contribution in [0.4, 0.5) is 0 Å². The molecular formula is C12H26O5Zr. The van der Waals surface area contributed by atoms with Crippen molar-refractivity contribution >= 4 is 11.8 Å². The molecule has 0 rings (SSSR count). The molecule has 0 radical (unpaired) electrons. The van der Waals surface area contributed by atoms with Crippen LogP contribution in [0.2, 0.25) is 0 Å². The van der Waals surface area contributed by atoms with Gasteiger partial charge >= 0.3 is 5.97 Å². The Morgan fingerprint density at radius 2 is 1.28 bits per heavy atom. The number of aliphatic carboxylic acids is 1. The molecule has 0 fully saturated rings. The molecule has 0 atom stereocenters. The van der Waals surface area contributed by atoms with Crippen molar-refractivity contribution in [3.05, 3.63) is 0 Å². The van der Waals surface area contributed by atoms with Gasteiger partial charge in [-0.2, -0.15) is 0 Å². The Labute approximate surface area is 129 Å². The van der Waals surface area contributed by atoms with Crippen LogP contribution in [0.5, 0.6) is 0 Å². The van der Waals surface area contributed by atoms with E-state index in [1.165, 1.54) is 0 Å². The molecule has 0 aromatic heterocycles. The Bertz CT molecular complexity index is 181. The molecule has 18 heavy (non-hydrogen) atoms. The van der Waals surface area contributed by atoms with Crippen molar-refractivity contribution in [3.8, 4) is 0 Å². The summed E-state index contributed by atoms with van der Waals surface area (Å²) in [6.45, 7) is 8.74. The Hall–Kier alpha value is -0.0569. The maximum atomic E-state index is 10.5. The predicted octanol–water partition coefficient (Wildman–Crippen LogP) is 1.60. The second kappa shape index (κ2) is 19.3. The number of hydrogen-bond acceptors (Lipinski definition) is 4. The first kappa shape index (κ1) is 26.5. The van der Waals surface area contributed by atoms with Crippen molar-refractivity contribution in [2.45, 2.75) is 66.1 Å². The molecule has 0 saturated heterocycles. The molecule has 0 aliphatic carbocycles. The first-order chi connectivity index (χ1) is 7.63. The normalized spacial score (nSPS) is 8.50. The van der Waals surface area contributed by atoms with E-state index in [2.05, 4.69) is 0 Å². The van der Waals surface area contributed by atoms with Crippen LogP contribution in [0.1, 0.15) is 53.9 Å². The zero-order valence-electron chi connectivity index (χ0n) is 11.9. The SMILES string of the molecule is CC(C)O.CC(C)O.CCCC(=O)CC(=O)O.[Zr]. The predicted molar refractivity (Wildman–Crippen MR) is 66.9 cm³/mol. The van der Waals surface area contributed by atoms with Gasteiger partial charge in [0.1, 0.15) is 12.2 Å². The van der Waals surface area contributed by atoms with Crippen molar-refractivity contribution in [3.63, 3.8) is 0 Å². The second-order valence-corrected chi connectivity index (χ2v) is 4.05. The van der Waals surface area contributed by atoms with E-state index in [9.17, 15) is 9.59 Å². The minimum Gasteiger partial charge on any atom is -0.481 e. The van der Waals surface area contributed by atoms with Crippen LogP contribution in [-0.2, 0) is 35.8 Å². The fourth-order valence-corrected chi connectivity index (χ4v) is 0.536. The van der Waals surface area contributed by atoms with Gasteiger partial charge in [-0.3, -0.25) is 9.59 Å². The fraction of sp³-hybridized carbons (Fsp3) is 0.833. The van der Waals surface area contributed by atoms with Crippen LogP contribution in [0.3, 0.4) is 0 Å². The van der Waals surface area contributed by atoms with Gasteiger partial charge in [-0.05, 0) is 34.1 Å². The van der Waals surface area contributed by atoms with Gasteiger partial charge in [0.25, 0.3) is 0 Å². The van der Waals surface area contributed by atoms with Crippen molar-refractivity contribution in [2.75, 3.05) is 0 Å². The zero-order chi connectivity index (χ0) is 14.4. The van der Waals surface area contributed by atoms with Gasteiger partial charge in [0.2, 0.25) is 0 Å². The maximum Gasteiger partial charge on any atom is 0.310 e. The number of aliphatic hydroxyl groups is 2. The van der Waals surface area contributed by atoms with Gasteiger partial charge in [0.15, 0.2) is 0 Å². The van der Waals surface area contributed by atoms with Gasteiger partial charge in [-0.25, -0.2) is 0 Å². The summed E-state index contributed by atoms with van der Waals surface area (Å²) >= 11 is 0. The van der Waals surface area contributed by atoms with Gasteiger partial charge in [0.05, 0.1) is 0 Å². The van der Waals surface area contributed by atoms with E-state index in [1.807, 2.05) is 6.92 Å². The number of carboxylic acid groups (broad SMARTS) is 1. The quantitative estimate of drug-likeness (QED) is 0.675. The van der Waals surface area contributed by atoms with Crippen LogP contribution < -0.4 is 0 Å². The van der Waals surface area contributed by atoms with Crippen LogP contribution >= 0.6 is 0 Å². The third kappa shape index (κ3) is 73.8. The monoisotopic (exact) mass is 340 g/mol. The Morgan fingerprint density at radius 1 is 1.00 bits per heavy atom. The third-order valence-electron chi connectivity index (χ3n) is 0.877. The van der Waals surface area contributed by atoms with E-state index in [-0.39, 0.29) is 50.6 Å². The Balaban J connectivity index is -0.0000000922. The molecule has 0 saturated carbocycles. The number of rotatable bonds is 4. The fourth-order valence-electron chi connectivity index (χ4n) is 0.536. The van der Waals surface area contributed by atoms with E-state index < -0.39 is 5.97 Å². The molecule has 0 aromatic carbocycles. The Kier molecular flexibility index (Phi) is 28.4. The zero-order valence-corrected chi connectivity index (χ0v) is 14.4. The molecular weight excluding hydrogens is 315 g/mol.